The molecule has 0 bridgehead atoms. The van der Waals surface area contributed by atoms with Gasteiger partial charge in [0.05, 0.1) is 13.3 Å². The number of benzene rings is 1. The van der Waals surface area contributed by atoms with E-state index in [4.69, 9.17) is 9.84 Å². The summed E-state index contributed by atoms with van der Waals surface area (Å²) in [5, 5.41) is 12.8. The Balaban J connectivity index is 1.96. The molecule has 1 aromatic carbocycles. The topological polar surface area (TPSA) is 74.8 Å². The molecule has 0 unspecified atom stereocenters. The Morgan fingerprint density at radius 3 is 2.82 bits per heavy atom. The molecule has 0 aliphatic rings. The number of aliphatic hydroxyl groups is 1. The molecular weight excluding hydrogens is 282 g/mol. The number of aromatic nitrogens is 1. The monoisotopic (exact) mass is 300 g/mol. The first-order chi connectivity index (χ1) is 10.7. The Labute approximate surface area is 128 Å². The number of nitrogens with zero attached hydrogens (tertiary/aromatic N) is 2. The van der Waals surface area contributed by atoms with Gasteiger partial charge in [-0.1, -0.05) is 0 Å². The highest BCUT2D eigenvalue weighted by Crippen LogP contribution is 2.09. The SMILES string of the molecule is COc1ccc(/C=N\NC(=O)c2ccc[n+](CCO)c2)cc1. The normalized spacial score (nSPS) is 10.6. The number of carbonyl (C=O) groups is 1. The van der Waals surface area contributed by atoms with E-state index < -0.39 is 0 Å². The molecule has 6 heteroatoms. The Morgan fingerprint density at radius 2 is 2.14 bits per heavy atom. The van der Waals surface area contributed by atoms with E-state index in [-0.39, 0.29) is 12.5 Å². The van der Waals surface area contributed by atoms with Gasteiger partial charge in [-0.2, -0.15) is 5.10 Å². The van der Waals surface area contributed by atoms with Crippen molar-refractivity contribution in [2.24, 2.45) is 5.10 Å². The molecule has 0 spiro atoms. The lowest BCUT2D eigenvalue weighted by molar-refractivity contribution is -0.698. The predicted molar refractivity (Wildman–Crippen MR) is 81.8 cm³/mol. The molecule has 22 heavy (non-hydrogen) atoms. The van der Waals surface area contributed by atoms with Crippen LogP contribution in [-0.2, 0) is 6.54 Å². The zero-order valence-corrected chi connectivity index (χ0v) is 12.3. The van der Waals surface area contributed by atoms with Crippen LogP contribution in [0.4, 0.5) is 0 Å². The van der Waals surface area contributed by atoms with Crippen LogP contribution in [0.25, 0.3) is 0 Å². The van der Waals surface area contributed by atoms with Crippen LogP contribution in [0.5, 0.6) is 5.75 Å². The Kier molecular flexibility index (Phi) is 5.62. The second-order valence-corrected chi connectivity index (χ2v) is 4.53. The number of nitrogens with one attached hydrogen (secondary N) is 1. The maximum Gasteiger partial charge on any atom is 0.277 e. The lowest BCUT2D eigenvalue weighted by Gasteiger charge is -2.00. The summed E-state index contributed by atoms with van der Waals surface area (Å²) in [7, 11) is 1.60. The summed E-state index contributed by atoms with van der Waals surface area (Å²) in [6, 6.07) is 10.7. The van der Waals surface area contributed by atoms with E-state index in [2.05, 4.69) is 10.5 Å². The average Bonchev–Trinajstić information content (AvgIpc) is 2.56. The van der Waals surface area contributed by atoms with Crippen LogP contribution in [0.2, 0.25) is 0 Å². The molecule has 0 saturated carbocycles. The van der Waals surface area contributed by atoms with Gasteiger partial charge in [-0.25, -0.2) is 9.99 Å². The molecule has 0 saturated heterocycles. The first-order valence-electron chi connectivity index (χ1n) is 6.80. The Morgan fingerprint density at radius 1 is 1.36 bits per heavy atom. The van der Waals surface area contributed by atoms with Crippen LogP contribution >= 0.6 is 0 Å². The van der Waals surface area contributed by atoms with Gasteiger partial charge in [0.15, 0.2) is 18.9 Å². The fourth-order valence-electron chi connectivity index (χ4n) is 1.83. The predicted octanol–water partition coefficient (Wildman–Crippen LogP) is 0.739. The summed E-state index contributed by atoms with van der Waals surface area (Å²) in [6.45, 7) is 0.460. The van der Waals surface area contributed by atoms with E-state index >= 15 is 0 Å². The summed E-state index contributed by atoms with van der Waals surface area (Å²) >= 11 is 0. The number of pyridine rings is 1. The van der Waals surface area contributed by atoms with Gasteiger partial charge in [0.25, 0.3) is 5.91 Å². The van der Waals surface area contributed by atoms with Gasteiger partial charge in [-0.05, 0) is 35.9 Å². The van der Waals surface area contributed by atoms with E-state index in [1.54, 1.807) is 42.4 Å². The van der Waals surface area contributed by atoms with Crippen molar-refractivity contribution in [3.63, 3.8) is 0 Å². The first kappa shape index (κ1) is 15.7. The quantitative estimate of drug-likeness (QED) is 0.469. The summed E-state index contributed by atoms with van der Waals surface area (Å²) in [5.74, 6) is 0.455. The molecule has 2 rings (SSSR count). The lowest BCUT2D eigenvalue weighted by Crippen LogP contribution is -2.36. The number of aliphatic hydroxyl groups excluding tert-OH is 1. The smallest absolute Gasteiger partial charge is 0.277 e. The molecule has 6 nitrogen and oxygen atoms in total. The van der Waals surface area contributed by atoms with E-state index in [0.29, 0.717) is 12.1 Å². The van der Waals surface area contributed by atoms with Crippen LogP contribution in [0, 0.1) is 0 Å². The molecule has 2 aromatic rings. The summed E-state index contributed by atoms with van der Waals surface area (Å²) < 4.78 is 6.80. The molecular formula is C16H18N3O3+. The second-order valence-electron chi connectivity index (χ2n) is 4.53. The zero-order valence-electron chi connectivity index (χ0n) is 12.3. The number of amides is 1. The van der Waals surface area contributed by atoms with Crippen molar-refractivity contribution in [3.8, 4) is 5.75 Å². The minimum Gasteiger partial charge on any atom is -0.497 e. The van der Waals surface area contributed by atoms with Crippen molar-refractivity contribution < 1.29 is 19.2 Å². The van der Waals surface area contributed by atoms with Crippen LogP contribution in [0.3, 0.4) is 0 Å². The maximum absolute atomic E-state index is 12.0. The summed E-state index contributed by atoms with van der Waals surface area (Å²) in [4.78, 5) is 12.0. The standard InChI is InChI=1S/C16H17N3O3/c1-22-15-6-4-13(5-7-15)11-17-18-16(21)14-3-2-8-19(12-14)9-10-20/h2-8,11-12,20H,9-10H2,1H3/p+1/b17-11-. The summed E-state index contributed by atoms with van der Waals surface area (Å²) in [6.07, 6.45) is 5.00. The van der Waals surface area contributed by atoms with Crippen molar-refractivity contribution in [1.82, 2.24) is 5.43 Å². The van der Waals surface area contributed by atoms with Crippen LogP contribution in [0.1, 0.15) is 15.9 Å². The number of hydrogen-bond donors (Lipinski definition) is 2. The van der Waals surface area contributed by atoms with E-state index in [9.17, 15) is 4.79 Å². The van der Waals surface area contributed by atoms with Crippen LogP contribution in [-0.4, -0.2) is 30.9 Å². The molecule has 1 aromatic heterocycles. The first-order valence-corrected chi connectivity index (χ1v) is 6.80. The molecule has 1 amide bonds. The molecule has 1 heterocycles. The zero-order chi connectivity index (χ0) is 15.8. The van der Waals surface area contributed by atoms with Gasteiger partial charge in [-0.15, -0.1) is 0 Å². The van der Waals surface area contributed by atoms with Gasteiger partial charge >= 0.3 is 0 Å². The van der Waals surface area contributed by atoms with Gasteiger partial charge < -0.3 is 9.84 Å². The highest BCUT2D eigenvalue weighted by Gasteiger charge is 2.09. The largest absolute Gasteiger partial charge is 0.497 e. The molecule has 0 aliphatic carbocycles. The van der Waals surface area contributed by atoms with Crippen LogP contribution in [0.15, 0.2) is 53.9 Å². The maximum atomic E-state index is 12.0. The minimum atomic E-state index is -0.308. The third kappa shape index (κ3) is 4.39. The number of ether oxygens (including phenoxy) is 1. The second kappa shape index (κ2) is 7.90. The number of hydrazone groups is 1. The molecule has 0 radical (unpaired) electrons. The van der Waals surface area contributed by atoms with Crippen LogP contribution < -0.4 is 14.7 Å². The third-order valence-corrected chi connectivity index (χ3v) is 2.97. The van der Waals surface area contributed by atoms with Gasteiger partial charge in [0.2, 0.25) is 0 Å². The Hall–Kier alpha value is -2.73. The highest BCUT2D eigenvalue weighted by atomic mass is 16.5. The average molecular weight is 300 g/mol. The van der Waals surface area contributed by atoms with Crippen molar-refractivity contribution in [1.29, 1.82) is 0 Å². The number of methoxy groups -OCH3 is 1. The molecule has 2 N–H and O–H groups in total. The minimum absolute atomic E-state index is 0.0192. The fourth-order valence-corrected chi connectivity index (χ4v) is 1.83. The third-order valence-electron chi connectivity index (χ3n) is 2.97. The molecule has 0 fully saturated rings. The number of rotatable bonds is 6. The van der Waals surface area contributed by atoms with Gasteiger partial charge in [0, 0.05) is 6.07 Å². The van der Waals surface area contributed by atoms with Gasteiger partial charge in [-0.3, -0.25) is 4.79 Å². The van der Waals surface area contributed by atoms with Crippen molar-refractivity contribution >= 4 is 12.1 Å². The van der Waals surface area contributed by atoms with E-state index in [1.165, 1.54) is 0 Å². The van der Waals surface area contributed by atoms with E-state index in [1.807, 2.05) is 24.3 Å². The Bertz CT molecular complexity index is 654. The number of hydrogen-bond acceptors (Lipinski definition) is 4. The van der Waals surface area contributed by atoms with Crippen molar-refractivity contribution in [2.45, 2.75) is 6.54 Å². The van der Waals surface area contributed by atoms with Crippen molar-refractivity contribution in [2.75, 3.05) is 13.7 Å². The lowest BCUT2D eigenvalue weighted by atomic mass is 10.2. The molecule has 0 atom stereocenters. The highest BCUT2D eigenvalue weighted by molar-refractivity contribution is 5.94. The van der Waals surface area contributed by atoms with Gasteiger partial charge in [0.1, 0.15) is 17.9 Å². The van der Waals surface area contributed by atoms with Crippen molar-refractivity contribution in [3.05, 3.63) is 59.9 Å². The fraction of sp³-hybridized carbons (Fsp3) is 0.188. The van der Waals surface area contributed by atoms with E-state index in [0.717, 1.165) is 11.3 Å². The molecule has 0 aliphatic heterocycles. The summed E-state index contributed by atoms with van der Waals surface area (Å²) in [5.41, 5.74) is 3.80. The molecule has 114 valence electrons. The number of carbonyl (C=O) groups excluding carboxylic acids is 1.